The van der Waals surface area contributed by atoms with Gasteiger partial charge in [-0.25, -0.2) is 0 Å². The Morgan fingerprint density at radius 2 is 2.29 bits per heavy atom. The maximum absolute atomic E-state index is 8.94. The second-order valence-electron chi connectivity index (χ2n) is 2.20. The van der Waals surface area contributed by atoms with Crippen molar-refractivity contribution in [3.63, 3.8) is 0 Å². The standard InChI is InChI=1S/C5H11NO/c1-4-2-6-3-5(4)7/h4-7H,2-3H2,1H3. The topological polar surface area (TPSA) is 32.3 Å². The fourth-order valence-corrected chi connectivity index (χ4v) is 0.796. The van der Waals surface area contributed by atoms with Crippen LogP contribution in [0.25, 0.3) is 0 Å². The van der Waals surface area contributed by atoms with E-state index in [-0.39, 0.29) is 6.10 Å². The molecule has 0 aromatic carbocycles. The highest BCUT2D eigenvalue weighted by molar-refractivity contribution is 4.75. The van der Waals surface area contributed by atoms with Crippen LogP contribution in [0.1, 0.15) is 6.92 Å². The lowest BCUT2D eigenvalue weighted by Gasteiger charge is -2.02. The zero-order valence-corrected chi connectivity index (χ0v) is 4.52. The van der Waals surface area contributed by atoms with Gasteiger partial charge in [0.05, 0.1) is 6.10 Å². The molecule has 2 unspecified atom stereocenters. The predicted octanol–water partition coefficient (Wildman–Crippen LogP) is -0.413. The predicted molar refractivity (Wildman–Crippen MR) is 28.0 cm³/mol. The Morgan fingerprint density at radius 1 is 1.57 bits per heavy atom. The van der Waals surface area contributed by atoms with Crippen LogP contribution in [-0.2, 0) is 0 Å². The molecule has 2 atom stereocenters. The first kappa shape index (κ1) is 5.06. The smallest absolute Gasteiger partial charge is 0.0702 e. The minimum atomic E-state index is -0.0972. The molecule has 0 bridgehead atoms. The van der Waals surface area contributed by atoms with E-state index in [0.717, 1.165) is 13.1 Å². The van der Waals surface area contributed by atoms with Gasteiger partial charge in [-0.15, -0.1) is 0 Å². The summed E-state index contributed by atoms with van der Waals surface area (Å²) in [6.45, 7) is 3.80. The number of hydrogen-bond acceptors (Lipinski definition) is 2. The van der Waals surface area contributed by atoms with E-state index in [0.29, 0.717) is 5.92 Å². The first-order valence-corrected chi connectivity index (χ1v) is 2.69. The SMILES string of the molecule is CC1CNCC1O. The molecule has 0 aromatic rings. The van der Waals surface area contributed by atoms with Crippen LogP contribution >= 0.6 is 0 Å². The molecule has 1 heterocycles. The van der Waals surface area contributed by atoms with E-state index >= 15 is 0 Å². The van der Waals surface area contributed by atoms with E-state index in [9.17, 15) is 0 Å². The summed E-state index contributed by atoms with van der Waals surface area (Å²) in [5.41, 5.74) is 0. The summed E-state index contributed by atoms with van der Waals surface area (Å²) < 4.78 is 0. The number of rotatable bonds is 0. The van der Waals surface area contributed by atoms with Gasteiger partial charge in [-0.2, -0.15) is 0 Å². The van der Waals surface area contributed by atoms with Crippen LogP contribution in [-0.4, -0.2) is 24.3 Å². The first-order valence-electron chi connectivity index (χ1n) is 2.69. The lowest BCUT2D eigenvalue weighted by Crippen LogP contribution is -2.14. The lowest BCUT2D eigenvalue weighted by molar-refractivity contribution is 0.156. The highest BCUT2D eigenvalue weighted by Gasteiger charge is 2.18. The normalized spacial score (nSPS) is 42.0. The van der Waals surface area contributed by atoms with E-state index in [1.54, 1.807) is 0 Å². The third-order valence-electron chi connectivity index (χ3n) is 1.48. The van der Waals surface area contributed by atoms with Crippen LogP contribution in [0.4, 0.5) is 0 Å². The van der Waals surface area contributed by atoms with Crippen molar-refractivity contribution in [3.05, 3.63) is 0 Å². The summed E-state index contributed by atoms with van der Waals surface area (Å²) in [6.07, 6.45) is -0.0972. The summed E-state index contributed by atoms with van der Waals surface area (Å²) in [7, 11) is 0. The molecule has 0 spiro atoms. The number of aliphatic hydroxyl groups is 1. The molecule has 7 heavy (non-hydrogen) atoms. The van der Waals surface area contributed by atoms with Gasteiger partial charge in [0.25, 0.3) is 0 Å². The molecule has 0 amide bonds. The average Bonchev–Trinajstić information content (AvgIpc) is 1.91. The minimum Gasteiger partial charge on any atom is -0.391 e. The van der Waals surface area contributed by atoms with Gasteiger partial charge in [-0.1, -0.05) is 6.92 Å². The van der Waals surface area contributed by atoms with Gasteiger partial charge in [0.1, 0.15) is 0 Å². The fourth-order valence-electron chi connectivity index (χ4n) is 0.796. The maximum Gasteiger partial charge on any atom is 0.0702 e. The van der Waals surface area contributed by atoms with Crippen LogP contribution in [0.5, 0.6) is 0 Å². The average molecular weight is 101 g/mol. The van der Waals surface area contributed by atoms with Gasteiger partial charge >= 0.3 is 0 Å². The number of β-amino-alcohol motifs (C(OH)–C–C–N with tert-alkyl or cyclic N) is 1. The third-order valence-corrected chi connectivity index (χ3v) is 1.48. The molecular formula is C5H11NO. The molecule has 1 rings (SSSR count). The lowest BCUT2D eigenvalue weighted by atomic mass is 10.1. The zero-order chi connectivity index (χ0) is 5.28. The molecule has 1 aliphatic rings. The number of hydrogen-bond donors (Lipinski definition) is 2. The van der Waals surface area contributed by atoms with E-state index in [4.69, 9.17) is 5.11 Å². The summed E-state index contributed by atoms with van der Waals surface area (Å²) in [5.74, 6) is 0.458. The minimum absolute atomic E-state index is 0.0972. The summed E-state index contributed by atoms with van der Waals surface area (Å²) in [6, 6.07) is 0. The van der Waals surface area contributed by atoms with Crippen molar-refractivity contribution in [3.8, 4) is 0 Å². The zero-order valence-electron chi connectivity index (χ0n) is 4.52. The van der Waals surface area contributed by atoms with Gasteiger partial charge < -0.3 is 10.4 Å². The largest absolute Gasteiger partial charge is 0.391 e. The van der Waals surface area contributed by atoms with Crippen LogP contribution in [0, 0.1) is 5.92 Å². The quantitative estimate of drug-likeness (QED) is 0.434. The van der Waals surface area contributed by atoms with Crippen molar-refractivity contribution < 1.29 is 5.11 Å². The molecule has 1 saturated heterocycles. The summed E-state index contributed by atoms with van der Waals surface area (Å²) in [5, 5.41) is 12.0. The van der Waals surface area contributed by atoms with Gasteiger partial charge in [0, 0.05) is 13.1 Å². The molecule has 2 heteroatoms. The van der Waals surface area contributed by atoms with E-state index in [1.807, 2.05) is 6.92 Å². The fraction of sp³-hybridized carbons (Fsp3) is 1.00. The molecule has 0 aromatic heterocycles. The second kappa shape index (κ2) is 1.80. The van der Waals surface area contributed by atoms with Crippen LogP contribution in [0.2, 0.25) is 0 Å². The van der Waals surface area contributed by atoms with Crippen molar-refractivity contribution in [2.45, 2.75) is 13.0 Å². The first-order chi connectivity index (χ1) is 3.30. The van der Waals surface area contributed by atoms with Crippen LogP contribution < -0.4 is 5.32 Å². The van der Waals surface area contributed by atoms with Gasteiger partial charge in [-0.05, 0) is 5.92 Å². The Kier molecular flexibility index (Phi) is 1.30. The second-order valence-corrected chi connectivity index (χ2v) is 2.20. The molecule has 2 nitrogen and oxygen atoms in total. The van der Waals surface area contributed by atoms with Crippen molar-refractivity contribution in [2.75, 3.05) is 13.1 Å². The highest BCUT2D eigenvalue weighted by atomic mass is 16.3. The van der Waals surface area contributed by atoms with Gasteiger partial charge in [0.15, 0.2) is 0 Å². The van der Waals surface area contributed by atoms with Crippen LogP contribution in [0.3, 0.4) is 0 Å². The Labute approximate surface area is 43.5 Å². The Balaban J connectivity index is 2.33. The van der Waals surface area contributed by atoms with E-state index in [1.165, 1.54) is 0 Å². The van der Waals surface area contributed by atoms with Crippen molar-refractivity contribution in [1.82, 2.24) is 5.32 Å². The van der Waals surface area contributed by atoms with Gasteiger partial charge in [0.2, 0.25) is 0 Å². The van der Waals surface area contributed by atoms with E-state index < -0.39 is 0 Å². The Bertz CT molecular complexity index is 57.1. The highest BCUT2D eigenvalue weighted by Crippen LogP contribution is 2.05. The van der Waals surface area contributed by atoms with Crippen LogP contribution in [0.15, 0.2) is 0 Å². The maximum atomic E-state index is 8.94. The summed E-state index contributed by atoms with van der Waals surface area (Å²) >= 11 is 0. The Hall–Kier alpha value is -0.0800. The molecular weight excluding hydrogens is 90.1 g/mol. The monoisotopic (exact) mass is 101 g/mol. The molecule has 1 aliphatic heterocycles. The van der Waals surface area contributed by atoms with Gasteiger partial charge in [-0.3, -0.25) is 0 Å². The van der Waals surface area contributed by atoms with Crippen molar-refractivity contribution in [1.29, 1.82) is 0 Å². The van der Waals surface area contributed by atoms with Crippen molar-refractivity contribution in [2.24, 2.45) is 5.92 Å². The number of nitrogens with one attached hydrogen (secondary N) is 1. The molecule has 2 N–H and O–H groups in total. The molecule has 0 radical (unpaired) electrons. The summed E-state index contributed by atoms with van der Waals surface area (Å²) in [4.78, 5) is 0. The molecule has 1 fully saturated rings. The molecule has 0 aliphatic carbocycles. The van der Waals surface area contributed by atoms with Crippen molar-refractivity contribution >= 4 is 0 Å². The molecule has 42 valence electrons. The molecule has 0 saturated carbocycles. The third kappa shape index (κ3) is 0.924. The van der Waals surface area contributed by atoms with E-state index in [2.05, 4.69) is 5.32 Å². The number of aliphatic hydroxyl groups excluding tert-OH is 1. The Morgan fingerprint density at radius 3 is 2.43 bits per heavy atom.